The van der Waals surface area contributed by atoms with Crippen molar-refractivity contribution in [3.05, 3.63) is 51.5 Å². The van der Waals surface area contributed by atoms with E-state index in [0.29, 0.717) is 48.3 Å². The Hall–Kier alpha value is -3.40. The first-order valence-electron chi connectivity index (χ1n) is 15.2. The van der Waals surface area contributed by atoms with Gasteiger partial charge in [0, 0.05) is 48.5 Å². The van der Waals surface area contributed by atoms with Crippen molar-refractivity contribution in [2.24, 2.45) is 0 Å². The first-order chi connectivity index (χ1) is 21.0. The molecule has 0 spiro atoms. The Kier molecular flexibility index (Phi) is 9.68. The Balaban J connectivity index is 1.42. The smallest absolute Gasteiger partial charge is 0.245 e. The molecule has 2 saturated heterocycles. The summed E-state index contributed by atoms with van der Waals surface area (Å²) in [6, 6.07) is 4.27. The molecule has 1 aliphatic carbocycles. The van der Waals surface area contributed by atoms with Gasteiger partial charge in [-0.3, -0.25) is 15.1 Å². The largest absolute Gasteiger partial charge is 0.474 e. The zero-order chi connectivity index (χ0) is 31.6. The summed E-state index contributed by atoms with van der Waals surface area (Å²) in [7, 11) is 2.11. The minimum atomic E-state index is -0.512. The van der Waals surface area contributed by atoms with Crippen LogP contribution in [-0.4, -0.2) is 76.3 Å². The lowest BCUT2D eigenvalue weighted by Gasteiger charge is -2.32. The molecule has 1 amide bonds. The molecular formula is C32H42N7O3S2+. The summed E-state index contributed by atoms with van der Waals surface area (Å²) in [5, 5.41) is 19.5. The highest BCUT2D eigenvalue weighted by Crippen LogP contribution is 2.48. The summed E-state index contributed by atoms with van der Waals surface area (Å²) in [5.41, 5.74) is 7.27. The third-order valence-corrected chi connectivity index (χ3v) is 11.0. The maximum Gasteiger partial charge on any atom is 0.245 e. The number of anilines is 1. The fourth-order valence-corrected chi connectivity index (χ4v) is 8.26. The van der Waals surface area contributed by atoms with Crippen LogP contribution in [0.4, 0.5) is 5.00 Å². The fraction of sp³-hybridized carbons (Fsp3) is 0.531. The van der Waals surface area contributed by atoms with Gasteiger partial charge in [-0.25, -0.2) is 0 Å². The van der Waals surface area contributed by atoms with Crippen molar-refractivity contribution < 1.29 is 14.3 Å². The number of allylic oxidation sites excluding steroid dienone is 2. The number of rotatable bonds is 9. The van der Waals surface area contributed by atoms with Gasteiger partial charge in [0.25, 0.3) is 0 Å². The van der Waals surface area contributed by atoms with E-state index in [2.05, 4.69) is 54.1 Å². The van der Waals surface area contributed by atoms with Gasteiger partial charge in [0.1, 0.15) is 33.9 Å². The first kappa shape index (κ1) is 32.0. The maximum atomic E-state index is 12.0. The number of nitrogens with zero attached hydrogens (tertiary/aromatic N) is 5. The molecule has 0 saturated carbocycles. The highest BCUT2D eigenvalue weighted by atomic mass is 32.1. The number of carbonyl (C=O) groups is 1. The zero-order valence-electron chi connectivity index (χ0n) is 25.7. The van der Waals surface area contributed by atoms with Crippen LogP contribution in [0.15, 0.2) is 29.7 Å². The third-order valence-electron chi connectivity index (χ3n) is 9.20. The maximum absolute atomic E-state index is 12.0. The normalized spacial score (nSPS) is 23.5. The lowest BCUT2D eigenvalue weighted by Crippen LogP contribution is -2.41. The van der Waals surface area contributed by atoms with Crippen molar-refractivity contribution in [1.29, 1.82) is 10.7 Å². The van der Waals surface area contributed by atoms with Crippen LogP contribution < -0.4 is 15.2 Å². The molecular weight excluding hydrogens is 595 g/mol. The molecule has 0 radical (unpaired) electrons. The second-order valence-corrected chi connectivity index (χ2v) is 13.8. The summed E-state index contributed by atoms with van der Waals surface area (Å²) in [5.74, 6) is 0.798. The monoisotopic (exact) mass is 636 g/mol. The second-order valence-electron chi connectivity index (χ2n) is 12.1. The van der Waals surface area contributed by atoms with Crippen molar-refractivity contribution in [2.45, 2.75) is 82.5 Å². The molecule has 10 nitrogen and oxygen atoms in total. The van der Waals surface area contributed by atoms with Gasteiger partial charge in [-0.15, -0.1) is 11.3 Å². The number of amides is 1. The Labute approximate surface area is 268 Å². The van der Waals surface area contributed by atoms with Gasteiger partial charge in [0.2, 0.25) is 17.7 Å². The highest BCUT2D eigenvalue weighted by molar-refractivity contribution is 7.63. The van der Waals surface area contributed by atoms with Crippen LogP contribution in [0.25, 0.3) is 0 Å². The molecule has 2 aromatic heterocycles. The van der Waals surface area contributed by atoms with E-state index in [4.69, 9.17) is 20.6 Å². The fourth-order valence-electron chi connectivity index (χ4n) is 6.67. The van der Waals surface area contributed by atoms with E-state index in [1.807, 2.05) is 6.92 Å². The second kappa shape index (κ2) is 13.3. The van der Waals surface area contributed by atoms with Gasteiger partial charge < -0.3 is 20.1 Å². The topological polar surface area (TPSA) is 141 Å². The molecule has 2 fully saturated rings. The number of piperidine rings is 1. The number of nitrogens with one attached hydrogen (secondary N) is 1. The minimum absolute atomic E-state index is 0.0780. The molecule has 0 aromatic carbocycles. The number of fused-ring (bicyclic) bond motifs is 1. The minimum Gasteiger partial charge on any atom is -0.474 e. The van der Waals surface area contributed by atoms with Crippen LogP contribution in [0.1, 0.15) is 74.2 Å². The summed E-state index contributed by atoms with van der Waals surface area (Å²) in [6.07, 6.45) is 8.94. The molecule has 3 atom stereocenters. The Morgan fingerprint density at radius 2 is 2.02 bits per heavy atom. The lowest BCUT2D eigenvalue weighted by atomic mass is 9.72. The Bertz CT molecular complexity index is 1510. The van der Waals surface area contributed by atoms with E-state index in [1.165, 1.54) is 17.4 Å². The van der Waals surface area contributed by atoms with Gasteiger partial charge in [-0.1, -0.05) is 6.58 Å². The number of aromatic nitrogens is 2. The van der Waals surface area contributed by atoms with Gasteiger partial charge in [-0.05, 0) is 78.2 Å². The number of nitriles is 1. The van der Waals surface area contributed by atoms with Gasteiger partial charge in [0.15, 0.2) is 5.82 Å². The molecule has 4 heterocycles. The first-order valence-corrected chi connectivity index (χ1v) is 16.5. The van der Waals surface area contributed by atoms with Crippen molar-refractivity contribution >= 4 is 40.6 Å². The van der Waals surface area contributed by atoms with Gasteiger partial charge in [-0.2, -0.15) is 15.2 Å². The van der Waals surface area contributed by atoms with Crippen LogP contribution >= 0.6 is 11.3 Å². The van der Waals surface area contributed by atoms with Crippen LogP contribution in [0.3, 0.4) is 0 Å². The average Bonchev–Trinajstić information content (AvgIpc) is 3.59. The Morgan fingerprint density at radius 3 is 2.68 bits per heavy atom. The molecule has 12 heteroatoms. The summed E-state index contributed by atoms with van der Waals surface area (Å²) in [4.78, 5) is 27.3. The number of likely N-dealkylation sites (tertiary alicyclic amines) is 2. The number of hydrogen-bond acceptors (Lipinski definition) is 10. The molecule has 3 aliphatic rings. The molecule has 1 unspecified atom stereocenters. The van der Waals surface area contributed by atoms with Crippen molar-refractivity contribution in [2.75, 3.05) is 32.4 Å². The van der Waals surface area contributed by atoms with E-state index in [1.54, 1.807) is 17.0 Å². The third kappa shape index (κ3) is 6.50. The molecule has 44 heavy (non-hydrogen) atoms. The summed E-state index contributed by atoms with van der Waals surface area (Å²) in [6.45, 7) is 9.90. The van der Waals surface area contributed by atoms with E-state index in [0.717, 1.165) is 54.0 Å². The molecule has 2 aliphatic heterocycles. The number of ether oxygens (including phenoxy) is 2. The summed E-state index contributed by atoms with van der Waals surface area (Å²) >= 11 is 5.33. The van der Waals surface area contributed by atoms with Crippen LogP contribution in [-0.2, 0) is 29.3 Å². The highest BCUT2D eigenvalue weighted by Gasteiger charge is 2.42. The molecule has 2 aromatic rings. The van der Waals surface area contributed by atoms with Crippen LogP contribution in [0, 0.1) is 16.7 Å². The molecule has 0 bridgehead atoms. The predicted octanol–water partition coefficient (Wildman–Crippen LogP) is 3.97. The number of likely N-dealkylation sites (N-methyl/N-ethyl adjacent to an activating group) is 1. The zero-order valence-corrected chi connectivity index (χ0v) is 27.5. The van der Waals surface area contributed by atoms with Gasteiger partial charge in [0.05, 0.1) is 17.0 Å². The molecule has 3 N–H and O–H groups in total. The number of nitrogens with two attached hydrogens (primary N) is 1. The van der Waals surface area contributed by atoms with E-state index in [-0.39, 0.29) is 35.7 Å². The van der Waals surface area contributed by atoms with Crippen LogP contribution in [0.5, 0.6) is 11.8 Å². The van der Waals surface area contributed by atoms with E-state index >= 15 is 0 Å². The number of aryl methyl sites for hydroxylation is 1. The standard InChI is InChI=1S/C32H41N7O3S2/c1-5-28(40)39-14-10-20(11-15-39)42-27-17-26(41-19(2)23-8-7-13-38(23)4)36-31(37-27)22(34)16-25(43)32(3)12-6-9-24-29(32)21(18-33)30(35)44-24/h5,16-17,19-20,23,34,43H,1,6-15,35H2,2-4H3/p+1/b25-16-,34-22?/t19-,23?,32+/m0/s1. The molecule has 5 rings (SSSR count). The van der Waals surface area contributed by atoms with Crippen molar-refractivity contribution in [1.82, 2.24) is 19.8 Å². The number of nitrogen functional groups attached to an aromatic ring is 1. The average molecular weight is 637 g/mol. The van der Waals surface area contributed by atoms with E-state index < -0.39 is 5.41 Å². The SMILES string of the molecule is C=CC(=O)N1CCC(Oc2cc(O[C@@H](C)C3CCCN3C)nc(C(=N)/C=C(\[SH2+])[C@@]3(C)CCCc4sc(N)c(C#N)c43)n2)CC1. The van der Waals surface area contributed by atoms with Crippen molar-refractivity contribution in [3.63, 3.8) is 0 Å². The quantitative estimate of drug-likeness (QED) is 0.239. The predicted molar refractivity (Wildman–Crippen MR) is 177 cm³/mol. The Morgan fingerprint density at radius 1 is 1.30 bits per heavy atom. The summed E-state index contributed by atoms with van der Waals surface area (Å²) < 4.78 is 12.7. The van der Waals surface area contributed by atoms with Gasteiger partial charge >= 0.3 is 0 Å². The molecule has 234 valence electrons. The number of thiophene rings is 1. The van der Waals surface area contributed by atoms with Crippen molar-refractivity contribution in [3.8, 4) is 17.8 Å². The van der Waals surface area contributed by atoms with Crippen LogP contribution in [0.2, 0.25) is 0 Å². The number of carbonyl (C=O) groups excluding carboxylic acids is 1. The number of hydrogen-bond donors (Lipinski definition) is 2. The lowest BCUT2D eigenvalue weighted by molar-refractivity contribution is -0.127. The van der Waals surface area contributed by atoms with E-state index in [9.17, 15) is 10.1 Å².